The van der Waals surface area contributed by atoms with Crippen LogP contribution in [-0.4, -0.2) is 33.5 Å². The van der Waals surface area contributed by atoms with Crippen LogP contribution in [0.5, 0.6) is 0 Å². The lowest BCUT2D eigenvalue weighted by atomic mass is 9.99. The standard InChI is InChI=1S/C7H10BN3O3/c1-5-9-3-7(11(13)14)10(5)4-6(12)2-8/h3,6,12H,2,4H2,1H3. The van der Waals surface area contributed by atoms with Gasteiger partial charge < -0.3 is 15.2 Å². The molecule has 1 rings (SSSR count). The molecule has 0 saturated heterocycles. The van der Waals surface area contributed by atoms with Crippen molar-refractivity contribution in [3.63, 3.8) is 0 Å². The topological polar surface area (TPSA) is 81.2 Å². The summed E-state index contributed by atoms with van der Waals surface area (Å²) in [6, 6.07) is 0. The van der Waals surface area contributed by atoms with E-state index in [9.17, 15) is 15.2 Å². The summed E-state index contributed by atoms with van der Waals surface area (Å²) in [6.07, 6.45) is 0.439. The first-order valence-corrected chi connectivity index (χ1v) is 4.11. The Morgan fingerprint density at radius 3 is 3.00 bits per heavy atom. The lowest BCUT2D eigenvalue weighted by molar-refractivity contribution is -0.392. The fraction of sp³-hybridized carbons (Fsp3) is 0.571. The molecule has 1 aromatic heterocycles. The van der Waals surface area contributed by atoms with Crippen LogP contribution in [0.4, 0.5) is 5.82 Å². The summed E-state index contributed by atoms with van der Waals surface area (Å²) in [5.74, 6) is 0.360. The Labute approximate surface area is 82.1 Å². The number of nitrogens with zero attached hydrogens (tertiary/aromatic N) is 3. The Balaban J connectivity index is 2.93. The summed E-state index contributed by atoms with van der Waals surface area (Å²) < 4.78 is 1.33. The van der Waals surface area contributed by atoms with Gasteiger partial charge in [0.1, 0.15) is 12.7 Å². The van der Waals surface area contributed by atoms with E-state index in [1.807, 2.05) is 0 Å². The molecule has 0 fully saturated rings. The Morgan fingerprint density at radius 2 is 2.50 bits per heavy atom. The molecule has 1 atom stereocenters. The van der Waals surface area contributed by atoms with E-state index in [1.54, 1.807) is 6.92 Å². The van der Waals surface area contributed by atoms with Crippen LogP contribution < -0.4 is 0 Å². The molecule has 0 saturated carbocycles. The van der Waals surface area contributed by atoms with Crippen molar-refractivity contribution >= 4 is 13.7 Å². The molecule has 0 bridgehead atoms. The Bertz CT molecular complexity index is 339. The molecule has 1 unspecified atom stereocenters. The molecular weight excluding hydrogens is 185 g/mol. The summed E-state index contributed by atoms with van der Waals surface area (Å²) in [4.78, 5) is 13.8. The molecule has 14 heavy (non-hydrogen) atoms. The maximum atomic E-state index is 10.5. The number of aryl methyl sites for hydroxylation is 1. The average Bonchev–Trinajstić information content (AvgIpc) is 2.48. The third-order valence-electron chi connectivity index (χ3n) is 1.89. The summed E-state index contributed by atoms with van der Waals surface area (Å²) in [5, 5.41) is 19.8. The number of hydrogen-bond acceptors (Lipinski definition) is 4. The summed E-state index contributed by atoms with van der Waals surface area (Å²) in [5.41, 5.74) is 0. The molecule has 0 aliphatic carbocycles. The first kappa shape index (κ1) is 10.7. The summed E-state index contributed by atoms with van der Waals surface area (Å²) in [7, 11) is 5.21. The Kier molecular flexibility index (Phi) is 3.24. The molecule has 1 aromatic rings. The smallest absolute Gasteiger partial charge is 0.342 e. The predicted molar refractivity (Wildman–Crippen MR) is 50.2 cm³/mol. The molecule has 0 amide bonds. The highest BCUT2D eigenvalue weighted by Crippen LogP contribution is 2.14. The monoisotopic (exact) mass is 195 g/mol. The van der Waals surface area contributed by atoms with Gasteiger partial charge in [-0.25, -0.2) is 9.55 Å². The van der Waals surface area contributed by atoms with Crippen LogP contribution in [0.1, 0.15) is 5.82 Å². The fourth-order valence-electron chi connectivity index (χ4n) is 1.11. The van der Waals surface area contributed by atoms with Gasteiger partial charge in [-0.1, -0.05) is 6.32 Å². The first-order chi connectivity index (χ1) is 6.56. The van der Waals surface area contributed by atoms with E-state index in [1.165, 1.54) is 10.8 Å². The second-order valence-corrected chi connectivity index (χ2v) is 2.92. The highest BCUT2D eigenvalue weighted by atomic mass is 16.6. The number of hydrogen-bond donors (Lipinski definition) is 1. The van der Waals surface area contributed by atoms with Crippen LogP contribution in [0.3, 0.4) is 0 Å². The molecule has 0 aliphatic heterocycles. The van der Waals surface area contributed by atoms with Gasteiger partial charge in [-0.05, 0) is 4.92 Å². The second kappa shape index (κ2) is 4.23. The van der Waals surface area contributed by atoms with E-state index in [0.29, 0.717) is 5.82 Å². The molecular formula is C7H10BN3O3. The van der Waals surface area contributed by atoms with Gasteiger partial charge in [0.05, 0.1) is 14.0 Å². The number of aromatic nitrogens is 2. The average molecular weight is 195 g/mol. The largest absolute Gasteiger partial charge is 0.390 e. The van der Waals surface area contributed by atoms with Gasteiger partial charge in [-0.15, -0.1) is 0 Å². The van der Waals surface area contributed by atoms with Crippen LogP contribution in [0.25, 0.3) is 0 Å². The zero-order valence-electron chi connectivity index (χ0n) is 7.75. The van der Waals surface area contributed by atoms with Gasteiger partial charge in [0.2, 0.25) is 0 Å². The maximum absolute atomic E-state index is 10.5. The van der Waals surface area contributed by atoms with Crippen LogP contribution in [0.15, 0.2) is 6.20 Å². The maximum Gasteiger partial charge on any atom is 0.342 e. The van der Waals surface area contributed by atoms with Crippen LogP contribution in [-0.2, 0) is 6.54 Å². The minimum absolute atomic E-state index is 0.0643. The fourth-order valence-corrected chi connectivity index (χ4v) is 1.11. The van der Waals surface area contributed by atoms with E-state index < -0.39 is 11.0 Å². The van der Waals surface area contributed by atoms with Crippen molar-refractivity contribution in [3.05, 3.63) is 22.1 Å². The minimum atomic E-state index is -0.790. The zero-order valence-corrected chi connectivity index (χ0v) is 7.75. The molecule has 0 aliphatic rings. The van der Waals surface area contributed by atoms with Gasteiger partial charge in [0.25, 0.3) is 0 Å². The highest BCUT2D eigenvalue weighted by Gasteiger charge is 2.19. The van der Waals surface area contributed by atoms with Crippen molar-refractivity contribution in [1.29, 1.82) is 0 Å². The number of aliphatic hydroxyl groups is 1. The summed E-state index contributed by atoms with van der Waals surface area (Å²) >= 11 is 0. The lowest BCUT2D eigenvalue weighted by Gasteiger charge is -2.07. The minimum Gasteiger partial charge on any atom is -0.390 e. The lowest BCUT2D eigenvalue weighted by Crippen LogP contribution is -2.17. The van der Waals surface area contributed by atoms with Crippen LogP contribution >= 0.6 is 0 Å². The number of aliphatic hydroxyl groups excluding tert-OH is 1. The molecule has 6 nitrogen and oxygen atoms in total. The highest BCUT2D eigenvalue weighted by molar-refractivity contribution is 6.08. The molecule has 2 radical (unpaired) electrons. The van der Waals surface area contributed by atoms with E-state index >= 15 is 0 Å². The zero-order chi connectivity index (χ0) is 10.7. The van der Waals surface area contributed by atoms with Crippen molar-refractivity contribution in [2.45, 2.75) is 25.9 Å². The number of rotatable bonds is 4. The van der Waals surface area contributed by atoms with Gasteiger partial charge in [-0.2, -0.15) is 0 Å². The Morgan fingerprint density at radius 1 is 1.86 bits per heavy atom. The first-order valence-electron chi connectivity index (χ1n) is 4.11. The normalized spacial score (nSPS) is 12.7. The van der Waals surface area contributed by atoms with Crippen molar-refractivity contribution < 1.29 is 10.0 Å². The molecule has 0 aromatic carbocycles. The molecule has 1 N–H and O–H groups in total. The SMILES string of the molecule is [B]CC(O)Cn1c([N+](=O)[O-])cnc1C. The van der Waals surface area contributed by atoms with Gasteiger partial charge in [-0.3, -0.25) is 0 Å². The quantitative estimate of drug-likeness (QED) is 0.418. The van der Waals surface area contributed by atoms with Crippen molar-refractivity contribution in [1.82, 2.24) is 9.55 Å². The Hall–Kier alpha value is -1.37. The van der Waals surface area contributed by atoms with E-state index in [2.05, 4.69) is 4.98 Å². The van der Waals surface area contributed by atoms with Crippen LogP contribution in [0.2, 0.25) is 6.32 Å². The second-order valence-electron chi connectivity index (χ2n) is 2.92. The van der Waals surface area contributed by atoms with Crippen molar-refractivity contribution in [2.24, 2.45) is 0 Å². The van der Waals surface area contributed by atoms with Gasteiger partial charge >= 0.3 is 5.82 Å². The van der Waals surface area contributed by atoms with Gasteiger partial charge in [0.15, 0.2) is 5.82 Å². The van der Waals surface area contributed by atoms with E-state index in [4.69, 9.17) is 7.85 Å². The number of imidazole rings is 1. The van der Waals surface area contributed by atoms with Crippen LogP contribution in [0, 0.1) is 17.0 Å². The van der Waals surface area contributed by atoms with E-state index in [-0.39, 0.29) is 18.7 Å². The third-order valence-corrected chi connectivity index (χ3v) is 1.89. The molecule has 7 heteroatoms. The summed E-state index contributed by atoms with van der Waals surface area (Å²) in [6.45, 7) is 1.73. The van der Waals surface area contributed by atoms with E-state index in [0.717, 1.165) is 0 Å². The predicted octanol–water partition coefficient (Wildman–Crippen LogP) is 0.0474. The molecule has 0 spiro atoms. The van der Waals surface area contributed by atoms with Crippen molar-refractivity contribution in [3.8, 4) is 0 Å². The molecule has 74 valence electrons. The molecule has 1 heterocycles. The van der Waals surface area contributed by atoms with Gasteiger partial charge in [0, 0.05) is 6.92 Å². The third kappa shape index (κ3) is 2.11. The van der Waals surface area contributed by atoms with Crippen molar-refractivity contribution in [2.75, 3.05) is 0 Å². The number of nitro groups is 1.